The van der Waals surface area contributed by atoms with Crippen LogP contribution in [0.25, 0.3) is 11.3 Å². The van der Waals surface area contributed by atoms with E-state index in [1.807, 2.05) is 6.07 Å². The predicted octanol–water partition coefficient (Wildman–Crippen LogP) is 3.79. The number of nitrogens with zero attached hydrogens (tertiary/aromatic N) is 1. The van der Waals surface area contributed by atoms with Gasteiger partial charge in [-0.1, -0.05) is 26.0 Å². The predicted molar refractivity (Wildman–Crippen MR) is 118 cm³/mol. The lowest BCUT2D eigenvalue weighted by Gasteiger charge is -2.34. The smallest absolute Gasteiger partial charge is 0.459 e. The first-order chi connectivity index (χ1) is 14.9. The molecule has 0 bridgehead atoms. The van der Waals surface area contributed by atoms with Gasteiger partial charge in [0.1, 0.15) is 11.5 Å². The fraction of sp³-hybridized carbons (Fsp3) is 0.478. The number of carbonyl (C=O) groups excluding carboxylic acids is 2. The van der Waals surface area contributed by atoms with Crippen molar-refractivity contribution in [3.05, 3.63) is 45.7 Å². The van der Waals surface area contributed by atoms with Crippen LogP contribution in [0.15, 0.2) is 16.5 Å². The van der Waals surface area contributed by atoms with E-state index in [9.17, 15) is 14.2 Å². The minimum absolute atomic E-state index is 0.0473. The molecule has 0 radical (unpaired) electrons. The highest BCUT2D eigenvalue weighted by molar-refractivity contribution is 7.46. The Morgan fingerprint density at radius 1 is 1.19 bits per heavy atom. The number of likely N-dealkylation sites (N-methyl/N-ethyl adjacent to an activating group) is 1. The van der Waals surface area contributed by atoms with Gasteiger partial charge in [-0.2, -0.15) is 0 Å². The Kier molecular flexibility index (Phi) is 5.80. The first kappa shape index (κ1) is 23.1. The monoisotopic (exact) mass is 461 g/mol. The van der Waals surface area contributed by atoms with Gasteiger partial charge >= 0.3 is 7.82 Å². The van der Waals surface area contributed by atoms with Gasteiger partial charge < -0.3 is 14.2 Å². The topological polar surface area (TPSA) is 117 Å². The molecule has 2 aliphatic rings. The average molecular weight is 461 g/mol. The van der Waals surface area contributed by atoms with Gasteiger partial charge in [0.15, 0.2) is 0 Å². The summed E-state index contributed by atoms with van der Waals surface area (Å²) in [5.41, 5.74) is 4.12. The minimum Gasteiger partial charge on any atom is -0.459 e. The number of carbonyl (C=O) groups is 2. The molecular weight excluding hydrogens is 433 g/mol. The largest absolute Gasteiger partial charge is 0.469 e. The molecule has 0 unspecified atom stereocenters. The Labute approximate surface area is 186 Å². The molecular formula is C23H28NO7P. The molecule has 8 nitrogen and oxygen atoms in total. The highest BCUT2D eigenvalue weighted by atomic mass is 31.2. The molecule has 0 amide bonds. The summed E-state index contributed by atoms with van der Waals surface area (Å²) >= 11 is 0. The van der Waals surface area contributed by atoms with Crippen molar-refractivity contribution in [3.8, 4) is 11.3 Å². The summed E-state index contributed by atoms with van der Waals surface area (Å²) in [6.45, 7) is 6.50. The molecule has 1 aromatic heterocycles. The van der Waals surface area contributed by atoms with Gasteiger partial charge in [0.25, 0.3) is 0 Å². The molecule has 32 heavy (non-hydrogen) atoms. The maximum atomic E-state index is 13.2. The van der Waals surface area contributed by atoms with Crippen molar-refractivity contribution < 1.29 is 32.9 Å². The van der Waals surface area contributed by atoms with E-state index in [2.05, 4.69) is 24.4 Å². The number of Topliss-reactive ketones (excluding diaryl/α,β-unsaturated/α-hetero) is 2. The number of benzene rings is 1. The van der Waals surface area contributed by atoms with Gasteiger partial charge in [-0.25, -0.2) is 4.57 Å². The molecule has 2 N–H and O–H groups in total. The standard InChI is InChI=1S/C23H28NO7P/c1-13-17(12-24(4)10-11-30-32(27,28)29)31-22-15-7-8-16-14(6-5-9-23(16,2)3)19(15)21(26)20(25)18(13)22/h7-8H,5-6,9-12H2,1-4H3,(H2,27,28,29). The Morgan fingerprint density at radius 2 is 1.88 bits per heavy atom. The zero-order valence-corrected chi connectivity index (χ0v) is 19.6. The molecule has 0 spiro atoms. The first-order valence-corrected chi connectivity index (χ1v) is 12.2. The average Bonchev–Trinajstić information content (AvgIpc) is 3.00. The Morgan fingerprint density at radius 3 is 2.56 bits per heavy atom. The molecule has 0 saturated carbocycles. The number of furan rings is 1. The number of rotatable bonds is 6. The van der Waals surface area contributed by atoms with Crippen LogP contribution in [-0.2, 0) is 27.5 Å². The fourth-order valence-corrected chi connectivity index (χ4v) is 5.19. The Hall–Kier alpha value is -2.09. The van der Waals surface area contributed by atoms with Crippen LogP contribution < -0.4 is 0 Å². The maximum absolute atomic E-state index is 13.2. The molecule has 1 aromatic carbocycles. The molecule has 172 valence electrons. The summed E-state index contributed by atoms with van der Waals surface area (Å²) in [5.74, 6) is -0.0333. The lowest BCUT2D eigenvalue weighted by molar-refractivity contribution is 0.0813. The van der Waals surface area contributed by atoms with Crippen molar-refractivity contribution in [3.63, 3.8) is 0 Å². The molecule has 0 aliphatic heterocycles. The van der Waals surface area contributed by atoms with Crippen molar-refractivity contribution in [2.24, 2.45) is 0 Å². The van der Waals surface area contributed by atoms with E-state index in [4.69, 9.17) is 14.2 Å². The molecule has 0 atom stereocenters. The summed E-state index contributed by atoms with van der Waals surface area (Å²) in [6.07, 6.45) is 2.77. The van der Waals surface area contributed by atoms with E-state index >= 15 is 0 Å². The third-order valence-corrected chi connectivity index (χ3v) is 7.09. The van der Waals surface area contributed by atoms with Crippen LogP contribution in [0.1, 0.15) is 69.9 Å². The number of fused-ring (bicyclic) bond motifs is 5. The number of hydrogen-bond donors (Lipinski definition) is 2. The molecule has 9 heteroatoms. The number of phosphoric ester groups is 1. The summed E-state index contributed by atoms with van der Waals surface area (Å²) < 4.78 is 21.5. The van der Waals surface area contributed by atoms with Gasteiger partial charge in [0.2, 0.25) is 11.6 Å². The van der Waals surface area contributed by atoms with Gasteiger partial charge in [0, 0.05) is 23.2 Å². The molecule has 0 saturated heterocycles. The van der Waals surface area contributed by atoms with Crippen molar-refractivity contribution >= 4 is 19.4 Å². The number of ketones is 2. The molecule has 4 rings (SSSR count). The van der Waals surface area contributed by atoms with Crippen LogP contribution >= 0.6 is 7.82 Å². The third kappa shape index (κ3) is 4.02. The second kappa shape index (κ2) is 8.04. The molecule has 1 heterocycles. The summed E-state index contributed by atoms with van der Waals surface area (Å²) in [7, 11) is -2.77. The van der Waals surface area contributed by atoms with Crippen molar-refractivity contribution in [1.29, 1.82) is 0 Å². The van der Waals surface area contributed by atoms with Crippen molar-refractivity contribution in [2.45, 2.75) is 52.0 Å². The third-order valence-electron chi connectivity index (χ3n) is 6.57. The van der Waals surface area contributed by atoms with E-state index in [1.165, 1.54) is 0 Å². The highest BCUT2D eigenvalue weighted by Gasteiger charge is 2.40. The second-order valence-corrected chi connectivity index (χ2v) is 10.6. The summed E-state index contributed by atoms with van der Waals surface area (Å²) in [4.78, 5) is 45.7. The fourth-order valence-electron chi connectivity index (χ4n) is 4.87. The SMILES string of the molecule is Cc1c(CN(C)CCOP(=O)(O)O)oc2c1C(=O)C(=O)c1c-2ccc2c1CCCC2(C)C. The quantitative estimate of drug-likeness (QED) is 0.493. The van der Waals surface area contributed by atoms with E-state index in [0.717, 1.165) is 30.4 Å². The zero-order chi connectivity index (χ0) is 23.4. The van der Waals surface area contributed by atoms with Gasteiger partial charge in [-0.15, -0.1) is 0 Å². The van der Waals surface area contributed by atoms with Crippen LogP contribution in [0.2, 0.25) is 0 Å². The van der Waals surface area contributed by atoms with Crippen molar-refractivity contribution in [1.82, 2.24) is 4.90 Å². The van der Waals surface area contributed by atoms with Crippen LogP contribution in [0, 0.1) is 6.92 Å². The Bertz CT molecular complexity index is 1160. The molecule has 0 fully saturated rings. The number of phosphoric acid groups is 1. The van der Waals surface area contributed by atoms with Crippen LogP contribution in [0.5, 0.6) is 0 Å². The number of hydrogen-bond acceptors (Lipinski definition) is 6. The lowest BCUT2D eigenvalue weighted by Crippen LogP contribution is -2.29. The van der Waals surface area contributed by atoms with E-state index in [-0.39, 0.29) is 18.6 Å². The minimum atomic E-state index is -4.52. The van der Waals surface area contributed by atoms with Gasteiger partial charge in [0.05, 0.1) is 18.7 Å². The summed E-state index contributed by atoms with van der Waals surface area (Å²) in [6, 6.07) is 3.96. The lowest BCUT2D eigenvalue weighted by atomic mass is 9.69. The van der Waals surface area contributed by atoms with E-state index in [0.29, 0.717) is 40.3 Å². The van der Waals surface area contributed by atoms with Gasteiger partial charge in [-0.3, -0.25) is 19.0 Å². The highest BCUT2D eigenvalue weighted by Crippen LogP contribution is 2.45. The Balaban J connectivity index is 1.70. The first-order valence-electron chi connectivity index (χ1n) is 10.7. The van der Waals surface area contributed by atoms with Crippen LogP contribution in [0.4, 0.5) is 0 Å². The summed E-state index contributed by atoms with van der Waals surface area (Å²) in [5, 5.41) is 0. The molecule has 2 aromatic rings. The molecule has 2 aliphatic carbocycles. The van der Waals surface area contributed by atoms with Crippen LogP contribution in [0.3, 0.4) is 0 Å². The van der Waals surface area contributed by atoms with Crippen LogP contribution in [-0.4, -0.2) is 46.5 Å². The van der Waals surface area contributed by atoms with E-state index < -0.39 is 19.4 Å². The van der Waals surface area contributed by atoms with Gasteiger partial charge in [-0.05, 0) is 49.8 Å². The second-order valence-electron chi connectivity index (χ2n) is 9.33. The van der Waals surface area contributed by atoms with Crippen molar-refractivity contribution in [2.75, 3.05) is 20.2 Å². The maximum Gasteiger partial charge on any atom is 0.469 e. The normalized spacial score (nSPS) is 17.3. The van der Waals surface area contributed by atoms with E-state index in [1.54, 1.807) is 18.9 Å². The zero-order valence-electron chi connectivity index (χ0n) is 18.7.